The molecule has 3 heterocycles. The van der Waals surface area contributed by atoms with Crippen LogP contribution in [0.25, 0.3) is 11.4 Å². The molecule has 0 aliphatic carbocycles. The molecule has 188 valence electrons. The summed E-state index contributed by atoms with van der Waals surface area (Å²) in [5, 5.41) is 13.9. The highest BCUT2D eigenvalue weighted by molar-refractivity contribution is 8.00. The number of amides is 1. The van der Waals surface area contributed by atoms with Crippen LogP contribution in [0.1, 0.15) is 22.4 Å². The van der Waals surface area contributed by atoms with Gasteiger partial charge in [-0.05, 0) is 37.3 Å². The first kappa shape index (κ1) is 25.0. The van der Waals surface area contributed by atoms with Crippen molar-refractivity contribution in [1.29, 1.82) is 0 Å². The van der Waals surface area contributed by atoms with Gasteiger partial charge in [0.1, 0.15) is 10.8 Å². The maximum atomic E-state index is 12.7. The van der Waals surface area contributed by atoms with Crippen LogP contribution in [0.2, 0.25) is 5.02 Å². The number of benzene rings is 2. The van der Waals surface area contributed by atoms with Crippen molar-refractivity contribution in [3.8, 4) is 28.8 Å². The standard InChI is InChI=1S/C27H23ClN4O4S/c1-15-24-21(17(13-33)12-29-15)11-22-26(36-24)31-25(16-5-3-8-20(9-16)35-2)32-27(22)37-14-23(34)30-19-7-4-6-18(28)10-19/h3-10,12,33H,11,13-14H2,1-2H3,(H,30,34). The lowest BCUT2D eigenvalue weighted by molar-refractivity contribution is -0.113. The van der Waals surface area contributed by atoms with E-state index >= 15 is 0 Å². The minimum atomic E-state index is -0.198. The van der Waals surface area contributed by atoms with Gasteiger partial charge in [-0.2, -0.15) is 4.98 Å². The number of fused-ring (bicyclic) bond motifs is 2. The number of hydrogen-bond acceptors (Lipinski definition) is 8. The van der Waals surface area contributed by atoms with E-state index < -0.39 is 0 Å². The van der Waals surface area contributed by atoms with Gasteiger partial charge < -0.3 is 19.9 Å². The molecule has 2 aromatic heterocycles. The van der Waals surface area contributed by atoms with Gasteiger partial charge in [-0.1, -0.05) is 41.6 Å². The van der Waals surface area contributed by atoms with E-state index in [9.17, 15) is 9.90 Å². The number of aryl methyl sites for hydroxylation is 1. The van der Waals surface area contributed by atoms with Crippen LogP contribution >= 0.6 is 23.4 Å². The van der Waals surface area contributed by atoms with E-state index in [1.165, 1.54) is 11.8 Å². The number of halogens is 1. The Kier molecular flexibility index (Phi) is 7.27. The highest BCUT2D eigenvalue weighted by atomic mass is 35.5. The first-order chi connectivity index (χ1) is 17.9. The molecule has 0 spiro atoms. The number of rotatable bonds is 7. The van der Waals surface area contributed by atoms with Gasteiger partial charge in [-0.15, -0.1) is 0 Å². The second-order valence-corrected chi connectivity index (χ2v) is 9.73. The summed E-state index contributed by atoms with van der Waals surface area (Å²) >= 11 is 7.33. The topological polar surface area (TPSA) is 106 Å². The largest absolute Gasteiger partial charge is 0.497 e. The molecule has 2 N–H and O–H groups in total. The third kappa shape index (κ3) is 5.39. The zero-order chi connectivity index (χ0) is 25.9. The van der Waals surface area contributed by atoms with Crippen LogP contribution in [0.4, 0.5) is 5.69 Å². The van der Waals surface area contributed by atoms with Crippen LogP contribution in [0.3, 0.4) is 0 Å². The number of carbonyl (C=O) groups is 1. The third-order valence-corrected chi connectivity index (χ3v) is 7.09. The van der Waals surface area contributed by atoms with E-state index in [1.54, 1.807) is 37.6 Å². The van der Waals surface area contributed by atoms with Gasteiger partial charge in [0.25, 0.3) is 0 Å². The van der Waals surface area contributed by atoms with E-state index in [0.29, 0.717) is 56.6 Å². The van der Waals surface area contributed by atoms with E-state index in [1.807, 2.05) is 31.2 Å². The highest BCUT2D eigenvalue weighted by Crippen LogP contribution is 2.42. The SMILES string of the molecule is COc1cccc(-c2nc3c(c(SCC(=O)Nc4cccc(Cl)c4)n2)Cc2c(CO)cnc(C)c2O3)c1. The van der Waals surface area contributed by atoms with E-state index in [2.05, 4.69) is 10.3 Å². The molecule has 0 saturated carbocycles. The van der Waals surface area contributed by atoms with Crippen molar-refractivity contribution >= 4 is 35.0 Å². The number of anilines is 1. The number of nitrogens with one attached hydrogen (secondary N) is 1. The molecule has 37 heavy (non-hydrogen) atoms. The lowest BCUT2D eigenvalue weighted by Gasteiger charge is -2.24. The van der Waals surface area contributed by atoms with Gasteiger partial charge in [0, 0.05) is 40.0 Å². The normalized spacial score (nSPS) is 11.8. The molecule has 1 aliphatic rings. The Hall–Kier alpha value is -3.66. The van der Waals surface area contributed by atoms with Gasteiger partial charge in [0.05, 0.1) is 30.7 Å². The smallest absolute Gasteiger partial charge is 0.234 e. The van der Waals surface area contributed by atoms with Crippen LogP contribution in [-0.4, -0.2) is 38.8 Å². The summed E-state index contributed by atoms with van der Waals surface area (Å²) in [6, 6.07) is 14.4. The second-order valence-electron chi connectivity index (χ2n) is 8.33. The summed E-state index contributed by atoms with van der Waals surface area (Å²) in [6.45, 7) is 1.69. The number of nitrogens with zero attached hydrogens (tertiary/aromatic N) is 3. The summed E-state index contributed by atoms with van der Waals surface area (Å²) in [7, 11) is 1.60. The molecule has 5 rings (SSSR count). The van der Waals surface area contributed by atoms with E-state index in [0.717, 1.165) is 16.7 Å². The number of hydrogen-bond donors (Lipinski definition) is 2. The Morgan fingerprint density at radius 3 is 2.81 bits per heavy atom. The Morgan fingerprint density at radius 2 is 2.03 bits per heavy atom. The molecule has 8 nitrogen and oxygen atoms in total. The third-order valence-electron chi connectivity index (χ3n) is 5.83. The summed E-state index contributed by atoms with van der Waals surface area (Å²) in [6.07, 6.45) is 2.10. The van der Waals surface area contributed by atoms with Crippen molar-refractivity contribution in [2.24, 2.45) is 0 Å². The Balaban J connectivity index is 1.50. The van der Waals surface area contributed by atoms with Crippen molar-refractivity contribution in [3.05, 3.63) is 82.1 Å². The van der Waals surface area contributed by atoms with Gasteiger partial charge in [0.15, 0.2) is 11.6 Å². The molecule has 0 unspecified atom stereocenters. The molecule has 4 aromatic rings. The molecule has 1 amide bonds. The fourth-order valence-electron chi connectivity index (χ4n) is 4.00. The van der Waals surface area contributed by atoms with Crippen molar-refractivity contribution in [3.63, 3.8) is 0 Å². The Bertz CT molecular complexity index is 1500. The van der Waals surface area contributed by atoms with E-state index in [4.69, 9.17) is 31.0 Å². The number of aromatic nitrogens is 3. The Labute approximate surface area is 223 Å². The highest BCUT2D eigenvalue weighted by Gasteiger charge is 2.28. The van der Waals surface area contributed by atoms with Gasteiger partial charge in [-0.3, -0.25) is 9.78 Å². The zero-order valence-electron chi connectivity index (χ0n) is 20.1. The maximum absolute atomic E-state index is 12.7. The minimum Gasteiger partial charge on any atom is -0.497 e. The summed E-state index contributed by atoms with van der Waals surface area (Å²) < 4.78 is 11.6. The fourth-order valence-corrected chi connectivity index (χ4v) is 5.02. The lowest BCUT2D eigenvalue weighted by Crippen LogP contribution is -2.16. The molecule has 0 atom stereocenters. The molecule has 0 fully saturated rings. The van der Waals surface area contributed by atoms with E-state index in [-0.39, 0.29) is 18.3 Å². The number of ether oxygens (including phenoxy) is 2. The van der Waals surface area contributed by atoms with Gasteiger partial charge in [0.2, 0.25) is 11.8 Å². The van der Waals surface area contributed by atoms with Gasteiger partial charge in [-0.25, -0.2) is 4.98 Å². The second kappa shape index (κ2) is 10.8. The molecule has 0 bridgehead atoms. The van der Waals surface area contributed by atoms with Crippen molar-refractivity contribution in [1.82, 2.24) is 15.0 Å². The number of aliphatic hydroxyl groups is 1. The molecular formula is C27H23ClN4O4S. The zero-order valence-corrected chi connectivity index (χ0v) is 21.7. The van der Waals surface area contributed by atoms with Crippen molar-refractivity contribution in [2.75, 3.05) is 18.2 Å². The first-order valence-corrected chi connectivity index (χ1v) is 12.8. The summed E-state index contributed by atoms with van der Waals surface area (Å²) in [4.78, 5) is 26.6. The fraction of sp³-hybridized carbons (Fsp3) is 0.185. The predicted octanol–water partition coefficient (Wildman–Crippen LogP) is 5.43. The average molecular weight is 535 g/mol. The molecule has 0 saturated heterocycles. The molecule has 10 heteroatoms. The molecule has 0 radical (unpaired) electrons. The van der Waals surface area contributed by atoms with Crippen LogP contribution in [0.5, 0.6) is 17.4 Å². The lowest BCUT2D eigenvalue weighted by atomic mass is 9.99. The van der Waals surface area contributed by atoms with Crippen molar-refractivity contribution < 1.29 is 19.4 Å². The summed E-state index contributed by atoms with van der Waals surface area (Å²) in [5.41, 5.74) is 4.34. The average Bonchev–Trinajstić information content (AvgIpc) is 2.91. The van der Waals surface area contributed by atoms with Crippen LogP contribution in [0, 0.1) is 6.92 Å². The van der Waals surface area contributed by atoms with Crippen LogP contribution < -0.4 is 14.8 Å². The monoisotopic (exact) mass is 534 g/mol. The predicted molar refractivity (Wildman–Crippen MR) is 143 cm³/mol. The number of aliphatic hydroxyl groups excluding tert-OH is 1. The molecule has 2 aromatic carbocycles. The molecular weight excluding hydrogens is 512 g/mol. The number of methoxy groups -OCH3 is 1. The quantitative estimate of drug-likeness (QED) is 0.210. The Morgan fingerprint density at radius 1 is 1.19 bits per heavy atom. The minimum absolute atomic E-state index is 0.114. The number of carbonyl (C=O) groups excluding carboxylic acids is 1. The number of thioether (sulfide) groups is 1. The van der Waals surface area contributed by atoms with Gasteiger partial charge >= 0.3 is 0 Å². The maximum Gasteiger partial charge on any atom is 0.234 e. The number of pyridine rings is 1. The van der Waals surface area contributed by atoms with Crippen LogP contribution in [0.15, 0.2) is 59.8 Å². The van der Waals surface area contributed by atoms with Crippen LogP contribution in [-0.2, 0) is 17.8 Å². The molecule has 1 aliphatic heterocycles. The first-order valence-electron chi connectivity index (χ1n) is 11.4. The summed E-state index contributed by atoms with van der Waals surface area (Å²) in [5.74, 6) is 2.02. The van der Waals surface area contributed by atoms with Crippen molar-refractivity contribution in [2.45, 2.75) is 25.0 Å².